The van der Waals surface area contributed by atoms with Gasteiger partial charge < -0.3 is 14.5 Å². The molecule has 0 bridgehead atoms. The highest BCUT2D eigenvalue weighted by Crippen LogP contribution is 2.16. The van der Waals surface area contributed by atoms with E-state index in [4.69, 9.17) is 9.15 Å². The first-order valence-corrected chi connectivity index (χ1v) is 6.58. The fourth-order valence-corrected chi connectivity index (χ4v) is 2.06. The maximum atomic E-state index is 11.8. The first-order valence-electron chi connectivity index (χ1n) is 6.58. The van der Waals surface area contributed by atoms with Gasteiger partial charge in [-0.25, -0.2) is 0 Å². The van der Waals surface area contributed by atoms with Crippen LogP contribution < -0.4 is 10.1 Å². The summed E-state index contributed by atoms with van der Waals surface area (Å²) in [4.78, 5) is 11.8. The molecule has 0 radical (unpaired) electrons. The fraction of sp³-hybridized carbons (Fsp3) is 0.312. The van der Waals surface area contributed by atoms with Crippen LogP contribution in [0.15, 0.2) is 41.0 Å². The lowest BCUT2D eigenvalue weighted by Gasteiger charge is -2.12. The van der Waals surface area contributed by atoms with E-state index in [2.05, 4.69) is 11.4 Å². The van der Waals surface area contributed by atoms with Crippen LogP contribution in [0.3, 0.4) is 0 Å². The lowest BCUT2D eigenvalue weighted by atomic mass is 10.1. The highest BCUT2D eigenvalue weighted by Gasteiger charge is 2.12. The third-order valence-electron chi connectivity index (χ3n) is 2.91. The molecule has 0 fully saturated rings. The van der Waals surface area contributed by atoms with Crippen molar-refractivity contribution in [3.8, 4) is 5.75 Å². The summed E-state index contributed by atoms with van der Waals surface area (Å²) in [5.74, 6) is 1.26. The predicted octanol–water partition coefficient (Wildman–Crippen LogP) is 3.15. The maximum absolute atomic E-state index is 11.8. The topological polar surface area (TPSA) is 51.5 Å². The minimum Gasteiger partial charge on any atom is -0.484 e. The largest absolute Gasteiger partial charge is 0.484 e. The monoisotopic (exact) mass is 273 g/mol. The Labute approximate surface area is 118 Å². The van der Waals surface area contributed by atoms with Crippen molar-refractivity contribution in [1.82, 2.24) is 5.32 Å². The Morgan fingerprint density at radius 2 is 2.00 bits per heavy atom. The Morgan fingerprint density at radius 1 is 1.30 bits per heavy atom. The normalized spacial score (nSPS) is 11.9. The second kappa shape index (κ2) is 6.28. The highest BCUT2D eigenvalue weighted by molar-refractivity contribution is 5.77. The van der Waals surface area contributed by atoms with Crippen LogP contribution in [0.2, 0.25) is 0 Å². The molecule has 106 valence electrons. The van der Waals surface area contributed by atoms with E-state index in [1.165, 1.54) is 0 Å². The smallest absolute Gasteiger partial charge is 0.258 e. The van der Waals surface area contributed by atoms with Crippen molar-refractivity contribution in [1.29, 1.82) is 0 Å². The van der Waals surface area contributed by atoms with Gasteiger partial charge in [0.15, 0.2) is 6.61 Å². The van der Waals surface area contributed by atoms with E-state index < -0.39 is 0 Å². The van der Waals surface area contributed by atoms with E-state index >= 15 is 0 Å². The predicted molar refractivity (Wildman–Crippen MR) is 76.7 cm³/mol. The van der Waals surface area contributed by atoms with Gasteiger partial charge in [-0.3, -0.25) is 4.79 Å². The molecule has 0 aliphatic heterocycles. The average Bonchev–Trinajstić information content (AvgIpc) is 2.89. The second-order valence-corrected chi connectivity index (χ2v) is 4.92. The van der Waals surface area contributed by atoms with Gasteiger partial charge in [0.05, 0.1) is 12.3 Å². The highest BCUT2D eigenvalue weighted by atomic mass is 16.5. The Balaban J connectivity index is 1.86. The van der Waals surface area contributed by atoms with Crippen LogP contribution in [-0.4, -0.2) is 12.5 Å². The van der Waals surface area contributed by atoms with Crippen LogP contribution in [0, 0.1) is 13.8 Å². The molecule has 4 heteroatoms. The number of hydrogen-bond donors (Lipinski definition) is 1. The molecule has 0 spiro atoms. The van der Waals surface area contributed by atoms with Gasteiger partial charge in [-0.05, 0) is 56.2 Å². The third kappa shape index (κ3) is 3.88. The molecule has 2 rings (SSSR count). The Kier molecular flexibility index (Phi) is 4.45. The van der Waals surface area contributed by atoms with Gasteiger partial charge in [0.2, 0.25) is 0 Å². The van der Waals surface area contributed by atoms with E-state index in [1.807, 2.05) is 39.0 Å². The van der Waals surface area contributed by atoms with Crippen molar-refractivity contribution in [3.05, 3.63) is 53.5 Å². The SMILES string of the molecule is Cc1cc(C)cc(OCC(=O)NC(C)c2ccco2)c1. The van der Waals surface area contributed by atoms with E-state index in [9.17, 15) is 4.79 Å². The lowest BCUT2D eigenvalue weighted by Crippen LogP contribution is -2.31. The second-order valence-electron chi connectivity index (χ2n) is 4.92. The lowest BCUT2D eigenvalue weighted by molar-refractivity contribution is -0.123. The molecule has 20 heavy (non-hydrogen) atoms. The van der Waals surface area contributed by atoms with Crippen LogP contribution in [0.4, 0.5) is 0 Å². The van der Waals surface area contributed by atoms with Crippen molar-refractivity contribution < 1.29 is 13.9 Å². The molecule has 0 saturated heterocycles. The van der Waals surface area contributed by atoms with E-state index in [0.717, 1.165) is 16.9 Å². The van der Waals surface area contributed by atoms with Crippen molar-refractivity contribution in [2.24, 2.45) is 0 Å². The average molecular weight is 273 g/mol. The zero-order valence-electron chi connectivity index (χ0n) is 12.0. The number of hydrogen-bond acceptors (Lipinski definition) is 3. The summed E-state index contributed by atoms with van der Waals surface area (Å²) in [6.07, 6.45) is 1.59. The summed E-state index contributed by atoms with van der Waals surface area (Å²) < 4.78 is 10.7. The minimum atomic E-state index is -0.173. The number of ether oxygens (including phenoxy) is 1. The molecule has 1 atom stereocenters. The summed E-state index contributed by atoms with van der Waals surface area (Å²) in [5.41, 5.74) is 2.23. The third-order valence-corrected chi connectivity index (χ3v) is 2.91. The Bertz CT molecular complexity index is 555. The van der Waals surface area contributed by atoms with Crippen molar-refractivity contribution >= 4 is 5.91 Å². The molecule has 1 aromatic carbocycles. The van der Waals surface area contributed by atoms with Crippen LogP contribution >= 0.6 is 0 Å². The molecule has 4 nitrogen and oxygen atoms in total. The van der Waals surface area contributed by atoms with E-state index in [1.54, 1.807) is 12.3 Å². The number of benzene rings is 1. The molecule has 1 N–H and O–H groups in total. The van der Waals surface area contributed by atoms with Gasteiger partial charge >= 0.3 is 0 Å². The van der Waals surface area contributed by atoms with Gasteiger partial charge in [0, 0.05) is 0 Å². The van der Waals surface area contributed by atoms with Gasteiger partial charge in [-0.1, -0.05) is 6.07 Å². The van der Waals surface area contributed by atoms with Gasteiger partial charge in [0.1, 0.15) is 11.5 Å². The number of nitrogens with one attached hydrogen (secondary N) is 1. The summed E-state index contributed by atoms with van der Waals surface area (Å²) in [7, 11) is 0. The van der Waals surface area contributed by atoms with Gasteiger partial charge in [-0.15, -0.1) is 0 Å². The van der Waals surface area contributed by atoms with Crippen molar-refractivity contribution in [2.75, 3.05) is 6.61 Å². The summed E-state index contributed by atoms with van der Waals surface area (Å²) in [5, 5.41) is 2.82. The summed E-state index contributed by atoms with van der Waals surface area (Å²) in [6, 6.07) is 9.35. The molecule has 1 aromatic heterocycles. The number of amides is 1. The Hall–Kier alpha value is -2.23. The fourth-order valence-electron chi connectivity index (χ4n) is 2.06. The van der Waals surface area contributed by atoms with Crippen LogP contribution in [-0.2, 0) is 4.79 Å². The van der Waals surface area contributed by atoms with E-state index in [-0.39, 0.29) is 18.6 Å². The van der Waals surface area contributed by atoms with Gasteiger partial charge in [-0.2, -0.15) is 0 Å². The zero-order chi connectivity index (χ0) is 14.5. The molecule has 1 amide bonds. The molecule has 2 aromatic rings. The molecule has 1 heterocycles. The van der Waals surface area contributed by atoms with Crippen LogP contribution in [0.25, 0.3) is 0 Å². The number of rotatable bonds is 5. The van der Waals surface area contributed by atoms with Crippen LogP contribution in [0.5, 0.6) is 5.75 Å². The summed E-state index contributed by atoms with van der Waals surface area (Å²) >= 11 is 0. The first-order chi connectivity index (χ1) is 9.54. The molecule has 0 saturated carbocycles. The van der Waals surface area contributed by atoms with E-state index in [0.29, 0.717) is 5.75 Å². The minimum absolute atomic E-state index is 0.00601. The Morgan fingerprint density at radius 3 is 2.60 bits per heavy atom. The number of carbonyl (C=O) groups excluding carboxylic acids is 1. The maximum Gasteiger partial charge on any atom is 0.258 e. The molecule has 0 aliphatic rings. The van der Waals surface area contributed by atoms with Crippen LogP contribution in [0.1, 0.15) is 29.9 Å². The molecule has 0 aliphatic carbocycles. The first kappa shape index (κ1) is 14.2. The number of aryl methyl sites for hydroxylation is 2. The van der Waals surface area contributed by atoms with Crippen molar-refractivity contribution in [2.45, 2.75) is 26.8 Å². The number of furan rings is 1. The zero-order valence-corrected chi connectivity index (χ0v) is 12.0. The van der Waals surface area contributed by atoms with Crippen molar-refractivity contribution in [3.63, 3.8) is 0 Å². The molecule has 1 unspecified atom stereocenters. The standard InChI is InChI=1S/C16H19NO3/c1-11-7-12(2)9-14(8-11)20-10-16(18)17-13(3)15-5-4-6-19-15/h4-9,13H,10H2,1-3H3,(H,17,18). The molecular formula is C16H19NO3. The van der Waals surface area contributed by atoms with Gasteiger partial charge in [0.25, 0.3) is 5.91 Å². The summed E-state index contributed by atoms with van der Waals surface area (Å²) in [6.45, 7) is 5.86. The quantitative estimate of drug-likeness (QED) is 0.910. The number of carbonyl (C=O) groups is 1. The molecular weight excluding hydrogens is 254 g/mol.